The molecule has 50 heavy (non-hydrogen) atoms. The number of carbonyl (C=O) groups is 1. The van der Waals surface area contributed by atoms with E-state index in [2.05, 4.69) is 9.97 Å². The third-order valence-corrected chi connectivity index (χ3v) is 11.4. The van der Waals surface area contributed by atoms with E-state index < -0.39 is 46.2 Å². The molecule has 3 atom stereocenters. The first-order chi connectivity index (χ1) is 23.7. The molecule has 16 heteroatoms. The summed E-state index contributed by atoms with van der Waals surface area (Å²) >= 11 is 0.680. The van der Waals surface area contributed by atoms with Gasteiger partial charge in [0, 0.05) is 62.4 Å². The number of ether oxygens (including phenoxy) is 1. The summed E-state index contributed by atoms with van der Waals surface area (Å²) in [7, 11) is 1.61. The summed E-state index contributed by atoms with van der Waals surface area (Å²) in [5.74, 6) is -2.41. The minimum atomic E-state index is -5.11. The largest absolute Gasteiger partial charge is 0.461 e. The number of amides is 1. The number of carbonyl (C=O) groups excluding carboxylic acids is 1. The number of benzene rings is 2. The molecule has 0 aliphatic carbocycles. The van der Waals surface area contributed by atoms with Crippen molar-refractivity contribution in [3.63, 3.8) is 0 Å². The van der Waals surface area contributed by atoms with Crippen molar-refractivity contribution in [1.29, 1.82) is 5.26 Å². The van der Waals surface area contributed by atoms with Crippen LogP contribution in [0.4, 0.5) is 37.2 Å². The number of likely N-dealkylation sites (tertiary alicyclic amines) is 1. The fourth-order valence-corrected chi connectivity index (χ4v) is 8.85. The Bertz CT molecular complexity index is 2070. The maximum atomic E-state index is 17.1. The molecule has 2 aromatic carbocycles. The zero-order valence-corrected chi connectivity index (χ0v) is 28.0. The number of nitrogens with two attached hydrogens (primary N) is 1. The van der Waals surface area contributed by atoms with E-state index >= 15 is 4.39 Å². The molecule has 4 aromatic rings. The van der Waals surface area contributed by atoms with Gasteiger partial charge in [0.1, 0.15) is 41.0 Å². The van der Waals surface area contributed by atoms with Crippen LogP contribution < -0.4 is 15.4 Å². The Hall–Kier alpha value is -4.36. The van der Waals surface area contributed by atoms with Crippen LogP contribution in [0.5, 0.6) is 6.01 Å². The SMILES string of the molecule is CC(=O)N1CCCC(N(C)c2nc(OCC34CCCN3CC(F)C4)nc3c(F)c(-c4ccc(F)c5sc(N)c(C#N)c45)c(C(F)(F)F)cc23)C1. The topological polar surface area (TPSA) is 112 Å². The third kappa shape index (κ3) is 5.64. The monoisotopic (exact) mass is 717 g/mol. The van der Waals surface area contributed by atoms with Gasteiger partial charge in [0.2, 0.25) is 5.91 Å². The smallest absolute Gasteiger partial charge is 0.417 e. The Balaban J connectivity index is 1.45. The van der Waals surface area contributed by atoms with Crippen molar-refractivity contribution in [3.05, 3.63) is 41.0 Å². The van der Waals surface area contributed by atoms with Crippen LogP contribution in [0, 0.1) is 23.0 Å². The number of rotatable bonds is 6. The molecule has 2 N–H and O–H groups in total. The Morgan fingerprint density at radius 1 is 1.22 bits per heavy atom. The number of anilines is 2. The number of piperidine rings is 1. The zero-order valence-electron chi connectivity index (χ0n) is 27.2. The highest BCUT2D eigenvalue weighted by atomic mass is 32.1. The van der Waals surface area contributed by atoms with E-state index in [1.807, 2.05) is 11.0 Å². The Morgan fingerprint density at radius 3 is 2.72 bits per heavy atom. The van der Waals surface area contributed by atoms with Crippen molar-refractivity contribution < 1.29 is 35.9 Å². The Morgan fingerprint density at radius 2 is 2.00 bits per heavy atom. The van der Waals surface area contributed by atoms with Crippen LogP contribution >= 0.6 is 11.3 Å². The Kier molecular flexibility index (Phi) is 8.49. The Labute approximate surface area is 287 Å². The number of hydrogen-bond donors (Lipinski definition) is 1. The lowest BCUT2D eigenvalue weighted by molar-refractivity contribution is -0.137. The fourth-order valence-electron chi connectivity index (χ4n) is 7.90. The summed E-state index contributed by atoms with van der Waals surface area (Å²) in [4.78, 5) is 26.3. The number of fused-ring (bicyclic) bond motifs is 3. The van der Waals surface area contributed by atoms with Crippen LogP contribution in [-0.4, -0.2) is 83.3 Å². The molecule has 1 amide bonds. The van der Waals surface area contributed by atoms with Crippen LogP contribution in [0.1, 0.15) is 50.2 Å². The lowest BCUT2D eigenvalue weighted by atomic mass is 9.92. The highest BCUT2D eigenvalue weighted by Gasteiger charge is 2.49. The summed E-state index contributed by atoms with van der Waals surface area (Å²) in [6.45, 7) is 3.15. The van der Waals surface area contributed by atoms with Gasteiger partial charge in [-0.15, -0.1) is 11.3 Å². The van der Waals surface area contributed by atoms with E-state index in [0.29, 0.717) is 43.7 Å². The van der Waals surface area contributed by atoms with Crippen molar-refractivity contribution in [1.82, 2.24) is 19.8 Å². The minimum Gasteiger partial charge on any atom is -0.461 e. The molecule has 0 bridgehead atoms. The van der Waals surface area contributed by atoms with Crippen LogP contribution in [0.15, 0.2) is 18.2 Å². The number of nitriles is 1. The lowest BCUT2D eigenvalue weighted by Gasteiger charge is -2.38. The number of aromatic nitrogens is 2. The number of nitrogen functional groups attached to an aromatic ring is 1. The first-order valence-electron chi connectivity index (χ1n) is 16.2. The fraction of sp³-hybridized carbons (Fsp3) is 0.471. The summed E-state index contributed by atoms with van der Waals surface area (Å²) in [5.41, 5.74) is 1.88. The zero-order chi connectivity index (χ0) is 35.7. The van der Waals surface area contributed by atoms with Crippen LogP contribution in [0.25, 0.3) is 32.1 Å². The number of thiophene rings is 1. The van der Waals surface area contributed by atoms with Gasteiger partial charge in [-0.05, 0) is 49.9 Å². The number of alkyl halides is 4. The van der Waals surface area contributed by atoms with Crippen molar-refractivity contribution >= 4 is 49.1 Å². The number of nitrogens with zero attached hydrogens (tertiary/aromatic N) is 6. The van der Waals surface area contributed by atoms with Gasteiger partial charge in [-0.2, -0.15) is 28.4 Å². The van der Waals surface area contributed by atoms with Gasteiger partial charge < -0.3 is 20.3 Å². The van der Waals surface area contributed by atoms with Crippen LogP contribution in [-0.2, 0) is 11.0 Å². The maximum absolute atomic E-state index is 17.1. The number of halogens is 6. The first kappa shape index (κ1) is 34.1. The van der Waals surface area contributed by atoms with E-state index in [1.54, 1.807) is 16.8 Å². The standard InChI is InChI=1S/C34H33F6N7O2S/c1-17(48)46-9-3-5-19(15-46)45(2)31-21-11-23(34(38,39)40)26(20-6-7-24(36)29-25(20)22(13-41)30(42)50-29)27(37)28(21)43-32(44-31)49-16-33-8-4-10-47(33)14-18(35)12-33/h6-7,11,18-19H,3-5,8-10,12,14-16,42H2,1-2H3. The molecule has 3 unspecified atom stereocenters. The molecule has 0 radical (unpaired) electrons. The van der Waals surface area contributed by atoms with Gasteiger partial charge in [0.05, 0.1) is 21.4 Å². The molecular formula is C34H33F6N7O2S. The van der Waals surface area contributed by atoms with E-state index in [1.165, 1.54) is 6.92 Å². The van der Waals surface area contributed by atoms with E-state index in [0.717, 1.165) is 24.6 Å². The molecule has 0 spiro atoms. The van der Waals surface area contributed by atoms with Crippen molar-refractivity contribution in [2.75, 3.05) is 50.5 Å². The second-order valence-corrected chi connectivity index (χ2v) is 14.4. The maximum Gasteiger partial charge on any atom is 0.417 e. The predicted octanol–water partition coefficient (Wildman–Crippen LogP) is 6.66. The van der Waals surface area contributed by atoms with Crippen LogP contribution in [0.3, 0.4) is 0 Å². The van der Waals surface area contributed by atoms with Gasteiger partial charge in [-0.3, -0.25) is 9.69 Å². The van der Waals surface area contributed by atoms with Gasteiger partial charge in [0.25, 0.3) is 0 Å². The van der Waals surface area contributed by atoms with Crippen molar-refractivity contribution in [3.8, 4) is 23.2 Å². The van der Waals surface area contributed by atoms with E-state index in [9.17, 15) is 32.0 Å². The molecule has 0 saturated carbocycles. The van der Waals surface area contributed by atoms with Gasteiger partial charge in [-0.1, -0.05) is 6.07 Å². The summed E-state index contributed by atoms with van der Waals surface area (Å²) < 4.78 is 97.3. The molecule has 264 valence electrons. The van der Waals surface area contributed by atoms with Gasteiger partial charge in [-0.25, -0.2) is 13.2 Å². The molecule has 5 heterocycles. The van der Waals surface area contributed by atoms with Gasteiger partial charge in [0.15, 0.2) is 5.82 Å². The molecule has 3 saturated heterocycles. The molecule has 3 aliphatic heterocycles. The number of likely N-dealkylation sites (N-methyl/N-ethyl adjacent to an activating group) is 1. The van der Waals surface area contributed by atoms with E-state index in [4.69, 9.17) is 10.5 Å². The van der Waals surface area contributed by atoms with Gasteiger partial charge >= 0.3 is 12.2 Å². The highest BCUT2D eigenvalue weighted by Crippen LogP contribution is 2.48. The lowest BCUT2D eigenvalue weighted by Crippen LogP contribution is -2.48. The molecular weight excluding hydrogens is 684 g/mol. The predicted molar refractivity (Wildman–Crippen MR) is 177 cm³/mol. The summed E-state index contributed by atoms with van der Waals surface area (Å²) in [6.07, 6.45) is -3.23. The normalized spacial score (nSPS) is 22.7. The molecule has 3 fully saturated rings. The molecule has 2 aromatic heterocycles. The molecule has 9 nitrogen and oxygen atoms in total. The van der Waals surface area contributed by atoms with Crippen LogP contribution in [0.2, 0.25) is 0 Å². The molecule has 7 rings (SSSR count). The first-order valence-corrected chi connectivity index (χ1v) is 17.1. The average Bonchev–Trinajstić information content (AvgIpc) is 3.72. The third-order valence-electron chi connectivity index (χ3n) is 10.3. The minimum absolute atomic E-state index is 0.0168. The highest BCUT2D eigenvalue weighted by molar-refractivity contribution is 7.23. The average molecular weight is 718 g/mol. The summed E-state index contributed by atoms with van der Waals surface area (Å²) in [5, 5.41) is 9.20. The second-order valence-electron chi connectivity index (χ2n) is 13.3. The molecule has 3 aliphatic rings. The van der Waals surface area contributed by atoms with Crippen molar-refractivity contribution in [2.24, 2.45) is 0 Å². The van der Waals surface area contributed by atoms with E-state index in [-0.39, 0.29) is 81.5 Å². The number of hydrogen-bond acceptors (Lipinski definition) is 9. The second kappa shape index (κ2) is 12.4. The summed E-state index contributed by atoms with van der Waals surface area (Å²) in [6, 6.07) is 3.78. The van der Waals surface area contributed by atoms with Crippen molar-refractivity contribution in [2.45, 2.75) is 63.0 Å². The quantitative estimate of drug-likeness (QED) is 0.221.